The number of methoxy groups -OCH3 is 2. The molecular weight excluding hydrogens is 502 g/mol. The zero-order valence-corrected chi connectivity index (χ0v) is 23.4. The number of nitrogens with zero attached hydrogens (tertiary/aromatic N) is 1. The number of hydrogen-bond acceptors (Lipinski definition) is 9. The van der Waals surface area contributed by atoms with Crippen molar-refractivity contribution in [1.29, 1.82) is 0 Å². The van der Waals surface area contributed by atoms with Crippen molar-refractivity contribution >= 4 is 5.97 Å². The van der Waals surface area contributed by atoms with Crippen LogP contribution in [0.5, 0.6) is 0 Å². The lowest BCUT2D eigenvalue weighted by molar-refractivity contribution is -0.255. The van der Waals surface area contributed by atoms with Crippen LogP contribution < -0.4 is 0 Å². The molecule has 2 aromatic carbocycles. The largest absolute Gasteiger partial charge is 0.467 e. The van der Waals surface area contributed by atoms with Crippen LogP contribution in [0.25, 0.3) is 0 Å². The van der Waals surface area contributed by atoms with Crippen LogP contribution in [0.1, 0.15) is 38.8 Å². The highest BCUT2D eigenvalue weighted by Gasteiger charge is 2.63. The van der Waals surface area contributed by atoms with E-state index in [4.69, 9.17) is 33.2 Å². The second-order valence-electron chi connectivity index (χ2n) is 11.2. The Bertz CT molecular complexity index is 1070. The van der Waals surface area contributed by atoms with Crippen molar-refractivity contribution in [2.75, 3.05) is 14.2 Å². The van der Waals surface area contributed by atoms with Gasteiger partial charge in [-0.1, -0.05) is 60.7 Å². The molecule has 0 radical (unpaired) electrons. The van der Waals surface area contributed by atoms with E-state index in [1.807, 2.05) is 64.1 Å². The van der Waals surface area contributed by atoms with Crippen LogP contribution in [-0.2, 0) is 51.0 Å². The van der Waals surface area contributed by atoms with E-state index in [1.165, 1.54) is 14.2 Å². The molecule has 3 aliphatic heterocycles. The fourth-order valence-electron chi connectivity index (χ4n) is 5.88. The lowest BCUT2D eigenvalue weighted by Crippen LogP contribution is -2.65. The Morgan fingerprint density at radius 3 is 1.85 bits per heavy atom. The predicted molar refractivity (Wildman–Crippen MR) is 141 cm³/mol. The first-order valence-corrected chi connectivity index (χ1v) is 13.4. The van der Waals surface area contributed by atoms with E-state index in [9.17, 15) is 4.79 Å². The number of rotatable bonds is 9. The molecule has 3 aliphatic rings. The van der Waals surface area contributed by atoms with Gasteiger partial charge in [-0.2, -0.15) is 0 Å². The predicted octanol–water partition coefficient (Wildman–Crippen LogP) is 3.64. The molecule has 3 fully saturated rings. The average Bonchev–Trinajstić information content (AvgIpc) is 3.41. The van der Waals surface area contributed by atoms with Gasteiger partial charge in [0.1, 0.15) is 24.4 Å². The molecule has 0 N–H and O–H groups in total. The van der Waals surface area contributed by atoms with Crippen LogP contribution in [0.4, 0.5) is 0 Å². The van der Waals surface area contributed by atoms with Crippen LogP contribution >= 0.6 is 0 Å². The average molecular weight is 542 g/mol. The van der Waals surface area contributed by atoms with E-state index in [0.717, 1.165) is 11.1 Å². The van der Waals surface area contributed by atoms with Gasteiger partial charge >= 0.3 is 5.97 Å². The summed E-state index contributed by atoms with van der Waals surface area (Å²) in [7, 11) is 2.87. The van der Waals surface area contributed by atoms with E-state index >= 15 is 0 Å². The quantitative estimate of drug-likeness (QED) is 0.442. The molecule has 212 valence electrons. The van der Waals surface area contributed by atoms with Crippen molar-refractivity contribution in [3.63, 3.8) is 0 Å². The smallest absolute Gasteiger partial charge is 0.336 e. The highest BCUT2D eigenvalue weighted by atomic mass is 16.9. The molecule has 0 unspecified atom stereocenters. The summed E-state index contributed by atoms with van der Waals surface area (Å²) in [6.07, 6.45) is -3.88. The van der Waals surface area contributed by atoms with E-state index in [1.54, 1.807) is 0 Å². The van der Waals surface area contributed by atoms with Gasteiger partial charge in [-0.15, -0.1) is 0 Å². The second kappa shape index (κ2) is 11.2. The molecule has 2 aromatic rings. The summed E-state index contributed by atoms with van der Waals surface area (Å²) in [5.74, 6) is -2.25. The molecule has 39 heavy (non-hydrogen) atoms. The molecule has 5 rings (SSSR count). The maximum Gasteiger partial charge on any atom is 0.336 e. The SMILES string of the molecule is COC(=O)[C@@H](OC)[C@@H]([C@H]1O[C@@H]2OC(C)(C)O[C@@H]2[C@H]2OC(C)(C)O[C@H]21)N(Cc1ccccc1)Cc1ccccc1. The topological polar surface area (TPSA) is 84.9 Å². The van der Waals surface area contributed by atoms with Gasteiger partial charge in [-0.05, 0) is 38.8 Å². The molecule has 9 heteroatoms. The molecule has 0 bridgehead atoms. The van der Waals surface area contributed by atoms with Gasteiger partial charge < -0.3 is 33.2 Å². The summed E-state index contributed by atoms with van der Waals surface area (Å²) in [4.78, 5) is 15.4. The first-order valence-electron chi connectivity index (χ1n) is 13.4. The van der Waals surface area contributed by atoms with Gasteiger partial charge in [-0.3, -0.25) is 4.90 Å². The zero-order chi connectivity index (χ0) is 27.8. The monoisotopic (exact) mass is 541 g/mol. The number of carbonyl (C=O) groups excluding carboxylic acids is 1. The van der Waals surface area contributed by atoms with Gasteiger partial charge in [0.05, 0.1) is 13.2 Å². The maximum absolute atomic E-state index is 13.2. The minimum atomic E-state index is -0.979. The van der Waals surface area contributed by atoms with Crippen LogP contribution in [0, 0.1) is 0 Å². The van der Waals surface area contributed by atoms with E-state index < -0.39 is 60.4 Å². The number of carbonyl (C=O) groups is 1. The minimum Gasteiger partial charge on any atom is -0.467 e. The number of ether oxygens (including phenoxy) is 7. The molecule has 0 aliphatic carbocycles. The Kier molecular flexibility index (Phi) is 8.13. The third kappa shape index (κ3) is 6.05. The van der Waals surface area contributed by atoms with Crippen molar-refractivity contribution in [3.8, 4) is 0 Å². The van der Waals surface area contributed by atoms with Crippen LogP contribution in [-0.4, -0.2) is 79.5 Å². The number of fused-ring (bicyclic) bond motifs is 3. The summed E-state index contributed by atoms with van der Waals surface area (Å²) < 4.78 is 43.0. The van der Waals surface area contributed by atoms with E-state index in [0.29, 0.717) is 13.1 Å². The normalized spacial score (nSPS) is 30.4. The van der Waals surface area contributed by atoms with Gasteiger partial charge in [-0.25, -0.2) is 4.79 Å². The van der Waals surface area contributed by atoms with Crippen molar-refractivity contribution in [1.82, 2.24) is 4.90 Å². The molecule has 3 saturated heterocycles. The lowest BCUT2D eigenvalue weighted by atomic mass is 9.89. The fourth-order valence-corrected chi connectivity index (χ4v) is 5.88. The molecule has 7 atom stereocenters. The summed E-state index contributed by atoms with van der Waals surface area (Å²) >= 11 is 0. The van der Waals surface area contributed by atoms with Crippen molar-refractivity contribution < 1.29 is 38.0 Å². The Morgan fingerprint density at radius 1 is 0.795 bits per heavy atom. The summed E-state index contributed by atoms with van der Waals surface area (Å²) in [6.45, 7) is 8.48. The minimum absolute atomic E-state index is 0.474. The van der Waals surface area contributed by atoms with Crippen LogP contribution in [0.3, 0.4) is 0 Å². The summed E-state index contributed by atoms with van der Waals surface area (Å²) in [5, 5.41) is 0. The maximum atomic E-state index is 13.2. The van der Waals surface area contributed by atoms with E-state index in [2.05, 4.69) is 29.2 Å². The second-order valence-corrected chi connectivity index (χ2v) is 11.2. The molecule has 0 amide bonds. The van der Waals surface area contributed by atoms with Gasteiger partial charge in [0.25, 0.3) is 0 Å². The number of hydrogen-bond donors (Lipinski definition) is 0. The highest BCUT2D eigenvalue weighted by molar-refractivity contribution is 5.75. The van der Waals surface area contributed by atoms with Gasteiger partial charge in [0, 0.05) is 20.2 Å². The van der Waals surface area contributed by atoms with Gasteiger partial charge in [0.15, 0.2) is 24.0 Å². The van der Waals surface area contributed by atoms with E-state index in [-0.39, 0.29) is 0 Å². The van der Waals surface area contributed by atoms with Crippen molar-refractivity contribution in [2.24, 2.45) is 0 Å². The molecule has 0 aromatic heterocycles. The third-order valence-corrected chi connectivity index (χ3v) is 7.40. The van der Waals surface area contributed by atoms with Crippen LogP contribution in [0.15, 0.2) is 60.7 Å². The lowest BCUT2D eigenvalue weighted by Gasteiger charge is -2.46. The molecule has 9 nitrogen and oxygen atoms in total. The Morgan fingerprint density at radius 2 is 1.31 bits per heavy atom. The van der Waals surface area contributed by atoms with Gasteiger partial charge in [0.2, 0.25) is 0 Å². The zero-order valence-electron chi connectivity index (χ0n) is 23.4. The number of benzene rings is 2. The Labute approximate surface area is 230 Å². The molecule has 0 spiro atoms. The molecular formula is C30H39NO8. The summed E-state index contributed by atoms with van der Waals surface area (Å²) in [5.41, 5.74) is 2.16. The molecule has 3 heterocycles. The molecule has 0 saturated carbocycles. The van der Waals surface area contributed by atoms with Crippen molar-refractivity contribution in [2.45, 2.75) is 95.2 Å². The standard InChI is InChI=1S/C30H39NO8/c1-29(2)36-24-22(35-28-26(25(24)37-29)38-30(3,4)39-28)21(23(33-5)27(32)34-6)31(17-19-13-9-7-10-14-19)18-20-15-11-8-12-16-20/h7-16,21-26,28H,17-18H2,1-6H3/t21-,22-,23+,24+,25+,26-,28-/m1/s1. The fraction of sp³-hybridized carbons (Fsp3) is 0.567. The third-order valence-electron chi connectivity index (χ3n) is 7.40. The Hall–Kier alpha value is -2.37. The van der Waals surface area contributed by atoms with Crippen LogP contribution in [0.2, 0.25) is 0 Å². The highest BCUT2D eigenvalue weighted by Crippen LogP contribution is 2.46. The summed E-state index contributed by atoms with van der Waals surface area (Å²) in [6, 6.07) is 19.6. The first kappa shape index (κ1) is 28.2. The number of esters is 1. The van der Waals surface area contributed by atoms with Crippen molar-refractivity contribution in [3.05, 3.63) is 71.8 Å². The first-order chi connectivity index (χ1) is 18.6. The Balaban J connectivity index is 1.59.